The van der Waals surface area contributed by atoms with Crippen molar-refractivity contribution in [2.24, 2.45) is 0 Å². The van der Waals surface area contributed by atoms with Crippen molar-refractivity contribution < 1.29 is 38.0 Å². The number of esters is 2. The Labute approximate surface area is 210 Å². The van der Waals surface area contributed by atoms with Gasteiger partial charge in [0.15, 0.2) is 0 Å². The van der Waals surface area contributed by atoms with Gasteiger partial charge in [-0.05, 0) is 0 Å². The van der Waals surface area contributed by atoms with Crippen LogP contribution >= 0.6 is 0 Å². The zero-order valence-electron chi connectivity index (χ0n) is 20.1. The van der Waals surface area contributed by atoms with Crippen LogP contribution in [-0.2, 0) is 28.5 Å². The Morgan fingerprint density at radius 1 is 0.556 bits per heavy atom. The highest BCUT2D eigenvalue weighted by Gasteiger charge is 2.15. The van der Waals surface area contributed by atoms with Gasteiger partial charge in [0.2, 0.25) is 0 Å². The maximum atomic E-state index is 11.1. The first-order valence-electron chi connectivity index (χ1n) is 11.6. The average molecular weight is 495 g/mol. The lowest BCUT2D eigenvalue weighted by molar-refractivity contribution is -0.140. The SMILES string of the molecule is C=CC(=O)OCCOCCOc1c2ccccc2c(OCCOCCOC(=O)C=C)c2ccccc12. The van der Waals surface area contributed by atoms with Crippen molar-refractivity contribution in [2.75, 3.05) is 52.9 Å². The van der Waals surface area contributed by atoms with Crippen molar-refractivity contribution in [3.63, 3.8) is 0 Å². The molecule has 0 radical (unpaired) electrons. The largest absolute Gasteiger partial charge is 0.490 e. The highest BCUT2D eigenvalue weighted by Crippen LogP contribution is 2.42. The molecule has 0 fully saturated rings. The van der Waals surface area contributed by atoms with E-state index in [1.54, 1.807) is 0 Å². The normalized spacial score (nSPS) is 10.7. The highest BCUT2D eigenvalue weighted by molar-refractivity contribution is 6.11. The van der Waals surface area contributed by atoms with Gasteiger partial charge in [-0.3, -0.25) is 0 Å². The Bertz CT molecular complexity index is 1040. The van der Waals surface area contributed by atoms with Gasteiger partial charge in [-0.2, -0.15) is 0 Å². The minimum atomic E-state index is -0.476. The van der Waals surface area contributed by atoms with Gasteiger partial charge in [-0.25, -0.2) is 9.59 Å². The Morgan fingerprint density at radius 2 is 0.889 bits per heavy atom. The first-order chi connectivity index (χ1) is 17.7. The summed E-state index contributed by atoms with van der Waals surface area (Å²) in [6.45, 7) is 8.90. The molecule has 0 aliphatic rings. The molecule has 0 bridgehead atoms. The van der Waals surface area contributed by atoms with Crippen LogP contribution in [0.25, 0.3) is 21.5 Å². The number of rotatable bonds is 16. The summed E-state index contributed by atoms with van der Waals surface area (Å²) in [6, 6.07) is 15.8. The molecule has 3 aromatic rings. The topological polar surface area (TPSA) is 89.5 Å². The Kier molecular flexibility index (Phi) is 10.8. The molecule has 190 valence electrons. The summed E-state index contributed by atoms with van der Waals surface area (Å²) in [5.74, 6) is 0.539. The number of carbonyl (C=O) groups is 2. The summed E-state index contributed by atoms with van der Waals surface area (Å²) in [6.07, 6.45) is 2.23. The van der Waals surface area contributed by atoms with Crippen LogP contribution in [-0.4, -0.2) is 64.8 Å². The fourth-order valence-corrected chi connectivity index (χ4v) is 3.49. The lowest BCUT2D eigenvalue weighted by atomic mass is 10.0. The quantitative estimate of drug-likeness (QED) is 0.126. The third-order valence-electron chi connectivity index (χ3n) is 5.06. The van der Waals surface area contributed by atoms with Crippen LogP contribution in [0.4, 0.5) is 0 Å². The lowest BCUT2D eigenvalue weighted by Gasteiger charge is -2.18. The van der Waals surface area contributed by atoms with Crippen molar-refractivity contribution in [3.8, 4) is 11.5 Å². The van der Waals surface area contributed by atoms with Crippen LogP contribution in [0.15, 0.2) is 73.8 Å². The van der Waals surface area contributed by atoms with E-state index >= 15 is 0 Å². The summed E-state index contributed by atoms with van der Waals surface area (Å²) in [4.78, 5) is 22.1. The fourth-order valence-electron chi connectivity index (χ4n) is 3.49. The number of fused-ring (bicyclic) bond motifs is 2. The molecule has 36 heavy (non-hydrogen) atoms. The summed E-state index contributed by atoms with van der Waals surface area (Å²) in [5, 5.41) is 3.68. The predicted molar refractivity (Wildman–Crippen MR) is 136 cm³/mol. The first kappa shape index (κ1) is 26.7. The molecule has 0 aliphatic heterocycles. The maximum Gasteiger partial charge on any atom is 0.330 e. The van der Waals surface area contributed by atoms with Gasteiger partial charge < -0.3 is 28.4 Å². The molecule has 0 aromatic heterocycles. The zero-order chi connectivity index (χ0) is 25.6. The maximum absolute atomic E-state index is 11.1. The van der Waals surface area contributed by atoms with Crippen LogP contribution < -0.4 is 9.47 Å². The van der Waals surface area contributed by atoms with Crippen molar-refractivity contribution in [1.82, 2.24) is 0 Å². The summed E-state index contributed by atoms with van der Waals surface area (Å²) < 4.78 is 33.1. The van der Waals surface area contributed by atoms with Gasteiger partial charge in [-0.15, -0.1) is 0 Å². The highest BCUT2D eigenvalue weighted by atomic mass is 16.6. The molecule has 0 saturated heterocycles. The van der Waals surface area contributed by atoms with Crippen LogP contribution in [0.3, 0.4) is 0 Å². The summed E-state index contributed by atoms with van der Waals surface area (Å²) in [5.41, 5.74) is 0. The van der Waals surface area contributed by atoms with E-state index in [2.05, 4.69) is 13.2 Å². The van der Waals surface area contributed by atoms with Crippen molar-refractivity contribution in [3.05, 3.63) is 73.8 Å². The van der Waals surface area contributed by atoms with E-state index in [-0.39, 0.29) is 26.4 Å². The number of hydrogen-bond acceptors (Lipinski definition) is 8. The van der Waals surface area contributed by atoms with Gasteiger partial charge in [0.25, 0.3) is 0 Å². The van der Waals surface area contributed by atoms with Crippen LogP contribution in [0.1, 0.15) is 0 Å². The standard InChI is InChI=1S/C28H30O8/c1-3-25(29)33-17-13-31-15-19-35-27-21-9-5-7-11-23(21)28(24-12-8-6-10-22(24)27)36-20-16-32-14-18-34-26(30)4-2/h3-12H,1-2,13-20H2. The molecular formula is C28H30O8. The lowest BCUT2D eigenvalue weighted by Crippen LogP contribution is -2.13. The molecule has 0 amide bonds. The third kappa shape index (κ3) is 7.56. The second-order valence-electron chi connectivity index (χ2n) is 7.41. The van der Waals surface area contributed by atoms with E-state index in [4.69, 9.17) is 28.4 Å². The van der Waals surface area contributed by atoms with Crippen LogP contribution in [0, 0.1) is 0 Å². The molecule has 0 unspecified atom stereocenters. The molecule has 0 aliphatic carbocycles. The Hall–Kier alpha value is -3.88. The number of hydrogen-bond donors (Lipinski definition) is 0. The fraction of sp³-hybridized carbons (Fsp3) is 0.286. The predicted octanol–water partition coefficient (Wildman–Crippen LogP) is 4.24. The van der Waals surface area contributed by atoms with Crippen molar-refractivity contribution in [2.45, 2.75) is 0 Å². The molecule has 8 heteroatoms. The number of carbonyl (C=O) groups excluding carboxylic acids is 2. The molecule has 0 N–H and O–H groups in total. The van der Waals surface area contributed by atoms with Crippen molar-refractivity contribution in [1.29, 1.82) is 0 Å². The van der Waals surface area contributed by atoms with E-state index in [0.717, 1.165) is 45.2 Å². The van der Waals surface area contributed by atoms with Crippen LogP contribution in [0.2, 0.25) is 0 Å². The second kappa shape index (κ2) is 14.5. The van der Waals surface area contributed by atoms with Gasteiger partial charge in [0.1, 0.15) is 37.9 Å². The molecule has 0 saturated carbocycles. The molecule has 0 heterocycles. The molecule has 3 aromatic carbocycles. The Balaban J connectivity index is 1.64. The molecule has 3 rings (SSSR count). The third-order valence-corrected chi connectivity index (χ3v) is 5.06. The smallest absolute Gasteiger partial charge is 0.330 e. The van der Waals surface area contributed by atoms with Crippen molar-refractivity contribution >= 4 is 33.5 Å². The van der Waals surface area contributed by atoms with E-state index in [9.17, 15) is 9.59 Å². The Morgan fingerprint density at radius 3 is 1.22 bits per heavy atom. The number of ether oxygens (including phenoxy) is 6. The number of benzene rings is 3. The summed E-state index contributed by atoms with van der Waals surface area (Å²) in [7, 11) is 0. The van der Waals surface area contributed by atoms with Gasteiger partial charge >= 0.3 is 11.9 Å². The van der Waals surface area contributed by atoms with E-state index in [1.807, 2.05) is 48.5 Å². The minimum Gasteiger partial charge on any atom is -0.490 e. The monoisotopic (exact) mass is 494 g/mol. The second-order valence-corrected chi connectivity index (χ2v) is 7.41. The average Bonchev–Trinajstić information content (AvgIpc) is 2.92. The molecule has 0 spiro atoms. The van der Waals surface area contributed by atoms with Gasteiger partial charge in [-0.1, -0.05) is 61.7 Å². The minimum absolute atomic E-state index is 0.159. The first-order valence-corrected chi connectivity index (χ1v) is 11.6. The van der Waals surface area contributed by atoms with Gasteiger partial charge in [0.05, 0.1) is 26.4 Å². The molecule has 0 atom stereocenters. The van der Waals surface area contributed by atoms with E-state index in [0.29, 0.717) is 26.4 Å². The van der Waals surface area contributed by atoms with E-state index in [1.165, 1.54) is 0 Å². The zero-order valence-corrected chi connectivity index (χ0v) is 20.1. The van der Waals surface area contributed by atoms with Gasteiger partial charge in [0, 0.05) is 33.7 Å². The summed E-state index contributed by atoms with van der Waals surface area (Å²) >= 11 is 0. The van der Waals surface area contributed by atoms with Crippen LogP contribution in [0.5, 0.6) is 11.5 Å². The van der Waals surface area contributed by atoms with E-state index < -0.39 is 11.9 Å². The molecular weight excluding hydrogens is 464 g/mol. The molecule has 8 nitrogen and oxygen atoms in total.